The highest BCUT2D eigenvalue weighted by Crippen LogP contribution is 2.22. The molecule has 106 valence electrons. The molecule has 20 heavy (non-hydrogen) atoms. The van der Waals surface area contributed by atoms with Crippen LogP contribution in [0.15, 0.2) is 35.1 Å². The Hall–Kier alpha value is -1.94. The summed E-state index contributed by atoms with van der Waals surface area (Å²) in [6.07, 6.45) is 0.601. The summed E-state index contributed by atoms with van der Waals surface area (Å²) < 4.78 is 5.63. The number of hydrogen-bond acceptors (Lipinski definition) is 3. The molecule has 1 N–H and O–H groups in total. The Morgan fingerprint density at radius 3 is 2.55 bits per heavy atom. The highest BCUT2D eigenvalue weighted by Gasteiger charge is 2.16. The van der Waals surface area contributed by atoms with E-state index in [4.69, 9.17) is 4.74 Å². The number of aromatic nitrogens is 2. The van der Waals surface area contributed by atoms with Crippen LogP contribution in [-0.2, 0) is 4.74 Å². The third-order valence-electron chi connectivity index (χ3n) is 3.26. The standard InChI is InChI=1S/C16H20N2O2/c1-4-13(20-5-2)15-17-14(11(3)16(19)18-15)12-9-7-6-8-10-12/h6-10,13H,4-5H2,1-3H3,(H,17,18,19). The number of nitrogens with one attached hydrogen (secondary N) is 1. The monoisotopic (exact) mass is 272 g/mol. The van der Waals surface area contributed by atoms with Crippen LogP contribution in [0.5, 0.6) is 0 Å². The van der Waals surface area contributed by atoms with Gasteiger partial charge in [-0.15, -0.1) is 0 Å². The zero-order chi connectivity index (χ0) is 14.5. The quantitative estimate of drug-likeness (QED) is 0.909. The van der Waals surface area contributed by atoms with Crippen molar-refractivity contribution in [3.63, 3.8) is 0 Å². The molecule has 0 aliphatic carbocycles. The van der Waals surface area contributed by atoms with Gasteiger partial charge in [0.2, 0.25) is 0 Å². The predicted octanol–water partition coefficient (Wildman–Crippen LogP) is 3.23. The molecule has 0 amide bonds. The van der Waals surface area contributed by atoms with E-state index in [9.17, 15) is 4.79 Å². The fourth-order valence-corrected chi connectivity index (χ4v) is 2.17. The van der Waals surface area contributed by atoms with Gasteiger partial charge in [0.15, 0.2) is 0 Å². The molecule has 1 aromatic heterocycles. The van der Waals surface area contributed by atoms with Gasteiger partial charge in [0.25, 0.3) is 5.56 Å². The Bertz CT molecular complexity index is 620. The minimum atomic E-state index is -0.171. The van der Waals surface area contributed by atoms with Crippen LogP contribution in [0, 0.1) is 6.92 Å². The zero-order valence-corrected chi connectivity index (χ0v) is 12.1. The molecule has 2 aromatic rings. The average Bonchev–Trinajstić information content (AvgIpc) is 2.48. The summed E-state index contributed by atoms with van der Waals surface area (Å²) in [6.45, 7) is 6.34. The molecule has 1 unspecified atom stereocenters. The van der Waals surface area contributed by atoms with Gasteiger partial charge in [-0.3, -0.25) is 4.79 Å². The molecular formula is C16H20N2O2. The lowest BCUT2D eigenvalue weighted by Crippen LogP contribution is -2.19. The van der Waals surface area contributed by atoms with Crippen molar-refractivity contribution in [2.24, 2.45) is 0 Å². The van der Waals surface area contributed by atoms with Gasteiger partial charge < -0.3 is 9.72 Å². The molecular weight excluding hydrogens is 252 g/mol. The third-order valence-corrected chi connectivity index (χ3v) is 3.26. The number of H-pyrrole nitrogens is 1. The Balaban J connectivity index is 2.53. The summed E-state index contributed by atoms with van der Waals surface area (Å²) in [5.41, 5.74) is 2.20. The molecule has 2 rings (SSSR count). The lowest BCUT2D eigenvalue weighted by molar-refractivity contribution is 0.0533. The first kappa shape index (κ1) is 14.5. The van der Waals surface area contributed by atoms with Crippen LogP contribution in [0.25, 0.3) is 11.3 Å². The number of hydrogen-bond donors (Lipinski definition) is 1. The second-order valence-corrected chi connectivity index (χ2v) is 4.64. The summed E-state index contributed by atoms with van der Waals surface area (Å²) >= 11 is 0. The lowest BCUT2D eigenvalue weighted by atomic mass is 10.1. The van der Waals surface area contributed by atoms with Gasteiger partial charge >= 0.3 is 0 Å². The van der Waals surface area contributed by atoms with Gasteiger partial charge in [0.05, 0.1) is 5.69 Å². The first-order valence-corrected chi connectivity index (χ1v) is 6.95. The Kier molecular flexibility index (Phi) is 4.69. The van der Waals surface area contributed by atoms with Crippen LogP contribution < -0.4 is 5.56 Å². The van der Waals surface area contributed by atoms with Gasteiger partial charge in [-0.25, -0.2) is 4.98 Å². The molecule has 1 aromatic carbocycles. The van der Waals surface area contributed by atoms with Crippen molar-refractivity contribution in [2.45, 2.75) is 33.3 Å². The van der Waals surface area contributed by atoms with Gasteiger partial charge in [0, 0.05) is 17.7 Å². The van der Waals surface area contributed by atoms with Crippen LogP contribution >= 0.6 is 0 Å². The van der Waals surface area contributed by atoms with E-state index in [1.165, 1.54) is 0 Å². The van der Waals surface area contributed by atoms with E-state index < -0.39 is 0 Å². The molecule has 4 nitrogen and oxygen atoms in total. The summed E-state index contributed by atoms with van der Waals surface area (Å²) in [7, 11) is 0. The van der Waals surface area contributed by atoms with E-state index in [2.05, 4.69) is 9.97 Å². The molecule has 0 saturated heterocycles. The summed E-state index contributed by atoms with van der Waals surface area (Å²) in [6, 6.07) is 9.75. The van der Waals surface area contributed by atoms with E-state index in [-0.39, 0.29) is 11.7 Å². The fourth-order valence-electron chi connectivity index (χ4n) is 2.17. The van der Waals surface area contributed by atoms with E-state index in [1.54, 1.807) is 6.92 Å². The molecule has 0 spiro atoms. The summed E-state index contributed by atoms with van der Waals surface area (Å²) in [5.74, 6) is 0.601. The van der Waals surface area contributed by atoms with E-state index in [0.29, 0.717) is 18.0 Å². The number of nitrogens with zero attached hydrogens (tertiary/aromatic N) is 1. The van der Waals surface area contributed by atoms with Crippen LogP contribution in [0.3, 0.4) is 0 Å². The highest BCUT2D eigenvalue weighted by molar-refractivity contribution is 5.62. The van der Waals surface area contributed by atoms with Crippen LogP contribution in [0.4, 0.5) is 0 Å². The van der Waals surface area contributed by atoms with Crippen molar-refractivity contribution in [1.29, 1.82) is 0 Å². The van der Waals surface area contributed by atoms with Crippen molar-refractivity contribution >= 4 is 0 Å². The van der Waals surface area contributed by atoms with Crippen LogP contribution in [0.2, 0.25) is 0 Å². The van der Waals surface area contributed by atoms with E-state index in [0.717, 1.165) is 17.7 Å². The van der Waals surface area contributed by atoms with Crippen molar-refractivity contribution < 1.29 is 4.74 Å². The molecule has 0 bridgehead atoms. The first-order chi connectivity index (χ1) is 9.67. The summed E-state index contributed by atoms with van der Waals surface area (Å²) in [4.78, 5) is 19.5. The first-order valence-electron chi connectivity index (χ1n) is 6.95. The molecule has 0 saturated carbocycles. The van der Waals surface area contributed by atoms with E-state index in [1.807, 2.05) is 44.2 Å². The number of aromatic amines is 1. The molecule has 1 atom stereocenters. The van der Waals surface area contributed by atoms with Crippen molar-refractivity contribution in [2.75, 3.05) is 6.61 Å². The van der Waals surface area contributed by atoms with Crippen molar-refractivity contribution in [3.05, 3.63) is 52.1 Å². The van der Waals surface area contributed by atoms with Crippen molar-refractivity contribution in [3.8, 4) is 11.3 Å². The lowest BCUT2D eigenvalue weighted by Gasteiger charge is -2.16. The van der Waals surface area contributed by atoms with Crippen LogP contribution in [-0.4, -0.2) is 16.6 Å². The Labute approximate surface area is 118 Å². The number of rotatable bonds is 5. The van der Waals surface area contributed by atoms with E-state index >= 15 is 0 Å². The van der Waals surface area contributed by atoms with Crippen LogP contribution in [0.1, 0.15) is 37.8 Å². The smallest absolute Gasteiger partial charge is 0.254 e. The predicted molar refractivity (Wildman–Crippen MR) is 79.7 cm³/mol. The maximum Gasteiger partial charge on any atom is 0.254 e. The number of benzene rings is 1. The molecule has 1 heterocycles. The normalized spacial score (nSPS) is 12.3. The largest absolute Gasteiger partial charge is 0.371 e. The third kappa shape index (κ3) is 2.96. The average molecular weight is 272 g/mol. The maximum atomic E-state index is 12.1. The Morgan fingerprint density at radius 2 is 1.95 bits per heavy atom. The van der Waals surface area contributed by atoms with Gasteiger partial charge in [-0.1, -0.05) is 37.3 Å². The minimum absolute atomic E-state index is 0.105. The maximum absolute atomic E-state index is 12.1. The zero-order valence-electron chi connectivity index (χ0n) is 12.1. The molecule has 0 aliphatic heterocycles. The van der Waals surface area contributed by atoms with Gasteiger partial charge in [0.1, 0.15) is 11.9 Å². The van der Waals surface area contributed by atoms with Gasteiger partial charge in [-0.05, 0) is 20.3 Å². The fraction of sp³-hybridized carbons (Fsp3) is 0.375. The Morgan fingerprint density at radius 1 is 1.25 bits per heavy atom. The second-order valence-electron chi connectivity index (χ2n) is 4.64. The molecule has 4 heteroatoms. The molecule has 0 aliphatic rings. The van der Waals surface area contributed by atoms with Gasteiger partial charge in [-0.2, -0.15) is 0 Å². The number of ether oxygens (including phenoxy) is 1. The molecule has 0 fully saturated rings. The minimum Gasteiger partial charge on any atom is -0.371 e. The molecule has 0 radical (unpaired) electrons. The summed E-state index contributed by atoms with van der Waals surface area (Å²) in [5, 5.41) is 0. The van der Waals surface area contributed by atoms with Crippen molar-refractivity contribution in [1.82, 2.24) is 9.97 Å². The topological polar surface area (TPSA) is 55.0 Å². The SMILES string of the molecule is CCOC(CC)c1nc(-c2ccccc2)c(C)c(=O)[nH]1. The second kappa shape index (κ2) is 6.48. The highest BCUT2D eigenvalue weighted by atomic mass is 16.5.